The maximum atomic E-state index is 11.3. The van der Waals surface area contributed by atoms with Gasteiger partial charge in [0, 0.05) is 17.0 Å². The molecule has 2 heterocycles. The van der Waals surface area contributed by atoms with Gasteiger partial charge in [0.05, 0.1) is 14.2 Å². The van der Waals surface area contributed by atoms with Gasteiger partial charge < -0.3 is 23.4 Å². The number of hydrogen-bond donors (Lipinski definition) is 0. The van der Waals surface area contributed by atoms with Crippen molar-refractivity contribution in [3.05, 3.63) is 48.0 Å². The highest BCUT2D eigenvalue weighted by atomic mass is 16.7. The Morgan fingerprint density at radius 1 is 1.08 bits per heavy atom. The van der Waals surface area contributed by atoms with Crippen LogP contribution in [-0.4, -0.2) is 27.0 Å². The third-order valence-electron chi connectivity index (χ3n) is 4.09. The van der Waals surface area contributed by atoms with Crippen LogP contribution in [0.1, 0.15) is 5.56 Å². The summed E-state index contributed by atoms with van der Waals surface area (Å²) in [5, 5.41) is 0.863. The quantitative estimate of drug-likeness (QED) is 0.522. The lowest BCUT2D eigenvalue weighted by atomic mass is 10.1. The van der Waals surface area contributed by atoms with Crippen LogP contribution in [0, 0.1) is 0 Å². The van der Waals surface area contributed by atoms with Gasteiger partial charge in [-0.15, -0.1) is 0 Å². The van der Waals surface area contributed by atoms with Gasteiger partial charge in [-0.05, 0) is 48.0 Å². The molecule has 1 aliphatic rings. The third-order valence-corrected chi connectivity index (χ3v) is 4.09. The van der Waals surface area contributed by atoms with Crippen molar-refractivity contribution in [2.75, 3.05) is 21.0 Å². The predicted molar refractivity (Wildman–Crippen MR) is 95.4 cm³/mol. The number of fused-ring (bicyclic) bond motifs is 2. The van der Waals surface area contributed by atoms with Crippen molar-refractivity contribution in [2.24, 2.45) is 0 Å². The lowest BCUT2D eigenvalue weighted by Gasteiger charge is -2.02. The molecule has 2 aromatic carbocycles. The van der Waals surface area contributed by atoms with Gasteiger partial charge in [0.15, 0.2) is 22.8 Å². The maximum absolute atomic E-state index is 11.3. The molecule has 6 heteroatoms. The van der Waals surface area contributed by atoms with E-state index in [9.17, 15) is 4.79 Å². The molecule has 1 aromatic heterocycles. The zero-order valence-corrected chi connectivity index (χ0v) is 14.3. The zero-order chi connectivity index (χ0) is 18.1. The molecule has 0 amide bonds. The maximum Gasteiger partial charge on any atom is 0.330 e. The van der Waals surface area contributed by atoms with Crippen molar-refractivity contribution in [3.63, 3.8) is 0 Å². The van der Waals surface area contributed by atoms with Crippen molar-refractivity contribution in [1.82, 2.24) is 0 Å². The van der Waals surface area contributed by atoms with E-state index in [1.165, 1.54) is 13.2 Å². The first kappa shape index (κ1) is 16.1. The van der Waals surface area contributed by atoms with Crippen molar-refractivity contribution in [1.29, 1.82) is 0 Å². The number of ether oxygens (including phenoxy) is 4. The largest absolute Gasteiger partial charge is 0.493 e. The fourth-order valence-corrected chi connectivity index (χ4v) is 2.82. The topological polar surface area (TPSA) is 67.1 Å². The van der Waals surface area contributed by atoms with Crippen LogP contribution >= 0.6 is 0 Å². The Kier molecular flexibility index (Phi) is 4.01. The summed E-state index contributed by atoms with van der Waals surface area (Å²) < 4.78 is 26.8. The summed E-state index contributed by atoms with van der Waals surface area (Å²) in [7, 11) is 2.91. The van der Waals surface area contributed by atoms with Crippen LogP contribution in [0.25, 0.3) is 28.4 Å². The fraction of sp³-hybridized carbons (Fsp3) is 0.150. The van der Waals surface area contributed by atoms with Crippen molar-refractivity contribution < 1.29 is 28.2 Å². The van der Waals surface area contributed by atoms with E-state index in [4.69, 9.17) is 18.6 Å². The Morgan fingerprint density at radius 3 is 2.73 bits per heavy atom. The van der Waals surface area contributed by atoms with E-state index < -0.39 is 5.97 Å². The highest BCUT2D eigenvalue weighted by molar-refractivity contribution is 5.92. The number of carbonyl (C=O) groups excluding carboxylic acids is 1. The smallest absolute Gasteiger partial charge is 0.330 e. The van der Waals surface area contributed by atoms with E-state index in [-0.39, 0.29) is 6.79 Å². The number of carbonyl (C=O) groups is 1. The van der Waals surface area contributed by atoms with Gasteiger partial charge in [0.2, 0.25) is 6.79 Å². The molecule has 0 aliphatic carbocycles. The average molecular weight is 352 g/mol. The zero-order valence-electron chi connectivity index (χ0n) is 14.3. The molecular weight excluding hydrogens is 336 g/mol. The van der Waals surface area contributed by atoms with E-state index in [1.54, 1.807) is 19.3 Å². The summed E-state index contributed by atoms with van der Waals surface area (Å²) in [6.07, 6.45) is 3.03. The van der Waals surface area contributed by atoms with E-state index in [2.05, 4.69) is 4.74 Å². The molecule has 0 fully saturated rings. The number of methoxy groups -OCH3 is 2. The lowest BCUT2D eigenvalue weighted by Crippen LogP contribution is -1.93. The second-order valence-electron chi connectivity index (χ2n) is 5.68. The molecular formula is C20H16O6. The van der Waals surface area contributed by atoms with Gasteiger partial charge >= 0.3 is 5.97 Å². The highest BCUT2D eigenvalue weighted by Crippen LogP contribution is 2.39. The average Bonchev–Trinajstić information content (AvgIpc) is 3.31. The molecule has 3 aromatic rings. The molecule has 6 nitrogen and oxygen atoms in total. The first-order valence-corrected chi connectivity index (χ1v) is 7.95. The Hall–Kier alpha value is -3.41. The summed E-state index contributed by atoms with van der Waals surface area (Å²) in [6.45, 7) is 0.225. The van der Waals surface area contributed by atoms with Gasteiger partial charge in [0.25, 0.3) is 0 Å². The minimum Gasteiger partial charge on any atom is -0.493 e. The minimum absolute atomic E-state index is 0.225. The first-order chi connectivity index (χ1) is 12.7. The van der Waals surface area contributed by atoms with Gasteiger partial charge in [-0.25, -0.2) is 4.79 Å². The summed E-state index contributed by atoms with van der Waals surface area (Å²) in [6, 6.07) is 11.3. The molecule has 132 valence electrons. The van der Waals surface area contributed by atoms with Crippen LogP contribution in [0.3, 0.4) is 0 Å². The first-order valence-electron chi connectivity index (χ1n) is 7.95. The fourth-order valence-electron chi connectivity index (χ4n) is 2.82. The van der Waals surface area contributed by atoms with E-state index in [1.807, 2.05) is 30.3 Å². The molecule has 26 heavy (non-hydrogen) atoms. The molecule has 0 saturated heterocycles. The van der Waals surface area contributed by atoms with Crippen LogP contribution in [0.15, 0.2) is 46.9 Å². The predicted octanol–water partition coefficient (Wildman–Crippen LogP) is 4.02. The Balaban J connectivity index is 1.76. The molecule has 4 rings (SSSR count). The Bertz CT molecular complexity index is 1010. The van der Waals surface area contributed by atoms with Gasteiger partial charge in [0.1, 0.15) is 5.76 Å². The van der Waals surface area contributed by atoms with Crippen LogP contribution in [-0.2, 0) is 9.53 Å². The number of hydrogen-bond acceptors (Lipinski definition) is 6. The van der Waals surface area contributed by atoms with E-state index >= 15 is 0 Å². The summed E-state index contributed by atoms with van der Waals surface area (Å²) >= 11 is 0. The van der Waals surface area contributed by atoms with Crippen molar-refractivity contribution >= 4 is 23.0 Å². The summed E-state index contributed by atoms with van der Waals surface area (Å²) in [5.74, 6) is 2.26. The second-order valence-corrected chi connectivity index (χ2v) is 5.68. The Labute approximate surface area is 149 Å². The molecule has 0 spiro atoms. The van der Waals surface area contributed by atoms with Crippen LogP contribution in [0.2, 0.25) is 0 Å². The number of esters is 1. The van der Waals surface area contributed by atoms with Crippen molar-refractivity contribution in [2.45, 2.75) is 0 Å². The minimum atomic E-state index is -0.419. The molecule has 0 bridgehead atoms. The Morgan fingerprint density at radius 2 is 1.92 bits per heavy atom. The number of rotatable bonds is 4. The van der Waals surface area contributed by atoms with Gasteiger partial charge in [-0.3, -0.25) is 0 Å². The molecule has 1 aliphatic heterocycles. The number of benzene rings is 2. The van der Waals surface area contributed by atoms with Gasteiger partial charge in [-0.2, -0.15) is 0 Å². The molecule has 0 unspecified atom stereocenters. The van der Waals surface area contributed by atoms with Crippen LogP contribution < -0.4 is 14.2 Å². The van der Waals surface area contributed by atoms with E-state index in [0.29, 0.717) is 22.8 Å². The van der Waals surface area contributed by atoms with Crippen molar-refractivity contribution in [3.8, 4) is 28.6 Å². The van der Waals surface area contributed by atoms with Gasteiger partial charge in [-0.1, -0.05) is 0 Å². The van der Waals surface area contributed by atoms with E-state index in [0.717, 1.165) is 22.3 Å². The molecule has 0 atom stereocenters. The monoisotopic (exact) mass is 352 g/mol. The molecule has 0 saturated carbocycles. The second kappa shape index (κ2) is 6.48. The summed E-state index contributed by atoms with van der Waals surface area (Å²) in [5.41, 5.74) is 2.31. The SMILES string of the molecule is COC(=O)C=Cc1cc(OC)c2oc(-c3ccc4c(c3)OCO4)cc2c1. The number of furan rings is 1. The van der Waals surface area contributed by atoms with Crippen LogP contribution in [0.5, 0.6) is 17.2 Å². The molecule has 0 radical (unpaired) electrons. The van der Waals surface area contributed by atoms with Crippen LogP contribution in [0.4, 0.5) is 0 Å². The molecule has 0 N–H and O–H groups in total. The lowest BCUT2D eigenvalue weighted by molar-refractivity contribution is -0.134. The normalized spacial score (nSPS) is 12.7. The standard InChI is InChI=1S/C20H16O6/c1-22-18-8-12(3-6-19(21)23-2)7-14-10-16(26-20(14)18)13-4-5-15-17(9-13)25-11-24-15/h3-10H,11H2,1-2H3. The highest BCUT2D eigenvalue weighted by Gasteiger charge is 2.17. The summed E-state index contributed by atoms with van der Waals surface area (Å²) in [4.78, 5) is 11.3. The third kappa shape index (κ3) is 2.86.